The lowest BCUT2D eigenvalue weighted by Gasteiger charge is -2.16. The summed E-state index contributed by atoms with van der Waals surface area (Å²) in [4.78, 5) is 26.1. The minimum absolute atomic E-state index is 0.108. The molecule has 0 bridgehead atoms. The molecule has 0 fully saturated rings. The van der Waals surface area contributed by atoms with Gasteiger partial charge in [0.15, 0.2) is 11.4 Å². The average molecular weight is 464 g/mol. The van der Waals surface area contributed by atoms with Gasteiger partial charge in [-0.05, 0) is 42.8 Å². The molecular formula is C24H21N3O5S. The fraction of sp³-hybridized carbons (Fsp3) is 0.125. The van der Waals surface area contributed by atoms with Gasteiger partial charge in [-0.1, -0.05) is 42.5 Å². The van der Waals surface area contributed by atoms with E-state index in [0.717, 1.165) is 8.99 Å². The molecule has 4 aromatic rings. The maximum atomic E-state index is 13.2. The lowest BCUT2D eigenvalue weighted by atomic mass is 10.1. The molecule has 0 atom stereocenters. The number of esters is 1. The number of aromatic nitrogens is 2. The minimum atomic E-state index is -3.88. The van der Waals surface area contributed by atoms with E-state index in [1.54, 1.807) is 67.6 Å². The fourth-order valence-electron chi connectivity index (χ4n) is 3.33. The van der Waals surface area contributed by atoms with E-state index in [-0.39, 0.29) is 27.3 Å². The first-order valence-electron chi connectivity index (χ1n) is 10.0. The zero-order chi connectivity index (χ0) is 23.8. The van der Waals surface area contributed by atoms with Gasteiger partial charge in [-0.2, -0.15) is 9.78 Å². The lowest BCUT2D eigenvalue weighted by molar-refractivity contribution is 0.0724. The molecule has 1 heterocycles. The van der Waals surface area contributed by atoms with E-state index >= 15 is 0 Å². The molecule has 0 amide bonds. The van der Waals surface area contributed by atoms with Crippen LogP contribution >= 0.6 is 0 Å². The summed E-state index contributed by atoms with van der Waals surface area (Å²) in [5.74, 6) is -1.00. The maximum absolute atomic E-state index is 13.2. The molecule has 0 aliphatic rings. The van der Waals surface area contributed by atoms with E-state index in [0.29, 0.717) is 16.6 Å². The van der Waals surface area contributed by atoms with E-state index in [4.69, 9.17) is 4.74 Å². The number of fused-ring (bicyclic) bond motifs is 1. The predicted octanol–water partition coefficient (Wildman–Crippen LogP) is 3.16. The summed E-state index contributed by atoms with van der Waals surface area (Å²) in [5.41, 5.74) is 0.673. The lowest BCUT2D eigenvalue weighted by Crippen LogP contribution is -2.26. The highest BCUT2D eigenvalue weighted by molar-refractivity contribution is 7.89. The Hall–Kier alpha value is -3.82. The van der Waals surface area contributed by atoms with Crippen molar-refractivity contribution in [1.82, 2.24) is 14.1 Å². The van der Waals surface area contributed by atoms with Gasteiger partial charge in [-0.3, -0.25) is 4.79 Å². The van der Waals surface area contributed by atoms with Crippen LogP contribution in [0.1, 0.15) is 16.1 Å². The van der Waals surface area contributed by atoms with Crippen molar-refractivity contribution in [3.63, 3.8) is 0 Å². The third-order valence-corrected chi connectivity index (χ3v) is 6.90. The summed E-state index contributed by atoms with van der Waals surface area (Å²) in [6.07, 6.45) is 0. The van der Waals surface area contributed by atoms with E-state index in [2.05, 4.69) is 5.10 Å². The molecule has 0 unspecified atom stereocenters. The summed E-state index contributed by atoms with van der Waals surface area (Å²) in [6.45, 7) is 1.74. The standard InChI is InChI=1S/C24H21N3O5S/c1-16-13-14-20(21(15-16)33(30,31)26(2)3)32-24(29)22-18-11-7-8-12-19(18)23(28)27(25-22)17-9-5-4-6-10-17/h4-15H,1-3H3. The topological polar surface area (TPSA) is 98.6 Å². The van der Waals surface area contributed by atoms with Crippen molar-refractivity contribution >= 4 is 26.8 Å². The van der Waals surface area contributed by atoms with Crippen LogP contribution in [-0.2, 0) is 10.0 Å². The molecule has 9 heteroatoms. The van der Waals surface area contributed by atoms with Crippen molar-refractivity contribution in [2.45, 2.75) is 11.8 Å². The normalized spacial score (nSPS) is 11.6. The van der Waals surface area contributed by atoms with Crippen LogP contribution in [-0.4, -0.2) is 42.6 Å². The quantitative estimate of drug-likeness (QED) is 0.333. The van der Waals surface area contributed by atoms with Crippen molar-refractivity contribution in [1.29, 1.82) is 0 Å². The predicted molar refractivity (Wildman–Crippen MR) is 124 cm³/mol. The first-order valence-corrected chi connectivity index (χ1v) is 11.5. The molecule has 0 N–H and O–H groups in total. The number of carbonyl (C=O) groups is 1. The number of sulfonamides is 1. The maximum Gasteiger partial charge on any atom is 0.364 e. The Kier molecular flexibility index (Phi) is 5.84. The second-order valence-corrected chi connectivity index (χ2v) is 9.69. The van der Waals surface area contributed by atoms with Crippen LogP contribution < -0.4 is 10.3 Å². The van der Waals surface area contributed by atoms with E-state index in [9.17, 15) is 18.0 Å². The van der Waals surface area contributed by atoms with Gasteiger partial charge in [-0.15, -0.1) is 0 Å². The Morgan fingerprint density at radius 2 is 1.58 bits per heavy atom. The van der Waals surface area contributed by atoms with E-state index in [1.807, 2.05) is 0 Å². The van der Waals surface area contributed by atoms with Crippen LogP contribution in [0.25, 0.3) is 16.5 Å². The number of hydrogen-bond acceptors (Lipinski definition) is 6. The van der Waals surface area contributed by atoms with Crippen molar-refractivity contribution in [2.75, 3.05) is 14.1 Å². The zero-order valence-corrected chi connectivity index (χ0v) is 19.0. The number of rotatable bonds is 5. The molecule has 33 heavy (non-hydrogen) atoms. The van der Waals surface area contributed by atoms with E-state index in [1.165, 1.54) is 26.2 Å². The van der Waals surface area contributed by atoms with Crippen molar-refractivity contribution < 1.29 is 17.9 Å². The molecule has 0 radical (unpaired) electrons. The summed E-state index contributed by atoms with van der Waals surface area (Å²) in [6, 6.07) is 19.8. The van der Waals surface area contributed by atoms with Crippen LogP contribution in [0.5, 0.6) is 5.75 Å². The minimum Gasteiger partial charge on any atom is -0.420 e. The largest absolute Gasteiger partial charge is 0.420 e. The summed E-state index contributed by atoms with van der Waals surface area (Å²) >= 11 is 0. The molecule has 0 aliphatic heterocycles. The van der Waals surface area contributed by atoms with Crippen LogP contribution in [0, 0.1) is 6.92 Å². The van der Waals surface area contributed by atoms with Crippen molar-refractivity contribution in [2.24, 2.45) is 0 Å². The summed E-state index contributed by atoms with van der Waals surface area (Å²) in [7, 11) is -1.08. The van der Waals surface area contributed by atoms with Gasteiger partial charge in [-0.25, -0.2) is 17.5 Å². The number of aryl methyl sites for hydroxylation is 1. The van der Waals surface area contributed by atoms with Crippen LogP contribution in [0.15, 0.2) is 82.5 Å². The summed E-state index contributed by atoms with van der Waals surface area (Å²) in [5, 5.41) is 4.88. The summed E-state index contributed by atoms with van der Waals surface area (Å²) < 4.78 is 33.3. The molecule has 0 saturated carbocycles. The molecule has 8 nitrogen and oxygen atoms in total. The number of benzene rings is 3. The van der Waals surface area contributed by atoms with Crippen molar-refractivity contribution in [3.8, 4) is 11.4 Å². The third kappa shape index (κ3) is 4.15. The smallest absolute Gasteiger partial charge is 0.364 e. The van der Waals surface area contributed by atoms with Crippen LogP contribution in [0.3, 0.4) is 0 Å². The first kappa shape index (κ1) is 22.4. The van der Waals surface area contributed by atoms with Crippen molar-refractivity contribution in [3.05, 3.63) is 94.4 Å². The monoisotopic (exact) mass is 463 g/mol. The van der Waals surface area contributed by atoms with Crippen LogP contribution in [0.2, 0.25) is 0 Å². The number of hydrogen-bond donors (Lipinski definition) is 0. The number of para-hydroxylation sites is 1. The van der Waals surface area contributed by atoms with Gasteiger partial charge in [0, 0.05) is 19.5 Å². The van der Waals surface area contributed by atoms with Gasteiger partial charge < -0.3 is 4.74 Å². The number of carbonyl (C=O) groups excluding carboxylic acids is 1. The number of ether oxygens (including phenoxy) is 1. The number of nitrogens with zero attached hydrogens (tertiary/aromatic N) is 3. The molecule has 168 valence electrons. The highest BCUT2D eigenvalue weighted by Crippen LogP contribution is 2.28. The van der Waals surface area contributed by atoms with Gasteiger partial charge in [0.05, 0.1) is 11.1 Å². The third-order valence-electron chi connectivity index (χ3n) is 5.06. The molecule has 1 aromatic heterocycles. The van der Waals surface area contributed by atoms with Gasteiger partial charge in [0.25, 0.3) is 5.56 Å². The highest BCUT2D eigenvalue weighted by atomic mass is 32.2. The Morgan fingerprint density at radius 3 is 2.24 bits per heavy atom. The van der Waals surface area contributed by atoms with Gasteiger partial charge in [0.2, 0.25) is 10.0 Å². The molecule has 0 spiro atoms. The van der Waals surface area contributed by atoms with E-state index < -0.39 is 16.0 Å². The SMILES string of the molecule is Cc1ccc(OC(=O)c2nn(-c3ccccc3)c(=O)c3ccccc23)c(S(=O)(=O)N(C)C)c1. The molecule has 0 saturated heterocycles. The molecule has 3 aromatic carbocycles. The molecule has 4 rings (SSSR count). The average Bonchev–Trinajstić information content (AvgIpc) is 2.81. The first-order chi connectivity index (χ1) is 15.7. The molecule has 0 aliphatic carbocycles. The second kappa shape index (κ2) is 8.61. The Balaban J connectivity index is 1.87. The second-order valence-electron chi connectivity index (χ2n) is 7.57. The van der Waals surface area contributed by atoms with Crippen LogP contribution in [0.4, 0.5) is 0 Å². The van der Waals surface area contributed by atoms with Gasteiger partial charge >= 0.3 is 5.97 Å². The van der Waals surface area contributed by atoms with Gasteiger partial charge in [0.1, 0.15) is 4.90 Å². The Morgan fingerprint density at radius 1 is 0.939 bits per heavy atom. The Bertz CT molecular complexity index is 1530. The molecular weight excluding hydrogens is 442 g/mol. The Labute approximate surface area is 190 Å². The fourth-order valence-corrected chi connectivity index (χ4v) is 4.42. The zero-order valence-electron chi connectivity index (χ0n) is 18.2. The highest BCUT2D eigenvalue weighted by Gasteiger charge is 2.26.